The summed E-state index contributed by atoms with van der Waals surface area (Å²) in [6.45, 7) is 1.97. The average molecular weight is 261 g/mol. The Morgan fingerprint density at radius 1 is 1.28 bits per heavy atom. The summed E-state index contributed by atoms with van der Waals surface area (Å²) in [4.78, 5) is 16.6. The first-order chi connectivity index (χ1) is 8.63. The van der Waals surface area contributed by atoms with Crippen LogP contribution in [-0.2, 0) is 6.42 Å². The van der Waals surface area contributed by atoms with Gasteiger partial charge in [0.2, 0.25) is 5.78 Å². The van der Waals surface area contributed by atoms with Gasteiger partial charge in [-0.2, -0.15) is 0 Å². The molecule has 0 unspecified atom stereocenters. The van der Waals surface area contributed by atoms with E-state index in [1.165, 1.54) is 0 Å². The number of pyridine rings is 1. The first kappa shape index (κ1) is 12.6. The van der Waals surface area contributed by atoms with Crippen LogP contribution in [0.5, 0.6) is 0 Å². The molecular weight excluding hydrogens is 248 g/mol. The fourth-order valence-electron chi connectivity index (χ4n) is 1.66. The lowest BCUT2D eigenvalue weighted by molar-refractivity contribution is 0.103. The van der Waals surface area contributed by atoms with Crippen LogP contribution in [0, 0.1) is 0 Å². The van der Waals surface area contributed by atoms with Gasteiger partial charge in [0, 0.05) is 11.3 Å². The number of halogens is 1. The zero-order valence-electron chi connectivity index (χ0n) is 9.98. The number of ketones is 1. The number of hydrogen-bond donors (Lipinski definition) is 1. The number of benzene rings is 1. The lowest BCUT2D eigenvalue weighted by Crippen LogP contribution is -2.10. The number of hydrogen-bond acceptors (Lipinski definition) is 3. The fraction of sp³-hybridized carbons (Fsp3) is 0.143. The molecule has 0 aliphatic carbocycles. The number of nitrogens with two attached hydrogens (primary N) is 1. The smallest absolute Gasteiger partial charge is 0.214 e. The average Bonchev–Trinajstić information content (AvgIpc) is 2.39. The first-order valence-electron chi connectivity index (χ1n) is 5.68. The first-order valence-corrected chi connectivity index (χ1v) is 6.06. The number of carbonyl (C=O) groups is 1. The highest BCUT2D eigenvalue weighted by Crippen LogP contribution is 2.21. The van der Waals surface area contributed by atoms with Gasteiger partial charge in [0.1, 0.15) is 5.69 Å². The minimum Gasteiger partial charge on any atom is -0.397 e. The SMILES string of the molecule is CCc1ccc(N)c(C(=O)c2ccccc2Cl)n1. The normalized spacial score (nSPS) is 10.3. The Morgan fingerprint density at radius 2 is 2.00 bits per heavy atom. The lowest BCUT2D eigenvalue weighted by Gasteiger charge is -2.07. The molecule has 0 radical (unpaired) electrons. The van der Waals surface area contributed by atoms with E-state index in [4.69, 9.17) is 17.3 Å². The molecule has 0 spiro atoms. The van der Waals surface area contributed by atoms with E-state index in [0.29, 0.717) is 16.3 Å². The summed E-state index contributed by atoms with van der Waals surface area (Å²) >= 11 is 6.01. The molecule has 0 aliphatic rings. The Kier molecular flexibility index (Phi) is 3.63. The van der Waals surface area contributed by atoms with E-state index in [-0.39, 0.29) is 11.5 Å². The molecule has 0 saturated heterocycles. The Labute approximate surface area is 111 Å². The molecule has 2 aromatic rings. The molecule has 0 aliphatic heterocycles. The maximum atomic E-state index is 12.3. The molecule has 0 saturated carbocycles. The minimum atomic E-state index is -0.242. The third-order valence-electron chi connectivity index (χ3n) is 2.68. The van der Waals surface area contributed by atoms with E-state index in [2.05, 4.69) is 4.98 Å². The zero-order chi connectivity index (χ0) is 13.1. The van der Waals surface area contributed by atoms with Crippen LogP contribution in [0.15, 0.2) is 36.4 Å². The monoisotopic (exact) mass is 260 g/mol. The van der Waals surface area contributed by atoms with Gasteiger partial charge in [-0.05, 0) is 30.7 Å². The third kappa shape index (κ3) is 2.36. The molecule has 0 bridgehead atoms. The van der Waals surface area contributed by atoms with Crippen molar-refractivity contribution in [3.8, 4) is 0 Å². The van der Waals surface area contributed by atoms with Gasteiger partial charge in [0.25, 0.3) is 0 Å². The highest BCUT2D eigenvalue weighted by molar-refractivity contribution is 6.35. The summed E-state index contributed by atoms with van der Waals surface area (Å²) in [5.41, 5.74) is 7.70. The summed E-state index contributed by atoms with van der Waals surface area (Å²) in [7, 11) is 0. The number of rotatable bonds is 3. The van der Waals surface area contributed by atoms with Gasteiger partial charge in [-0.1, -0.05) is 30.7 Å². The minimum absolute atomic E-state index is 0.242. The number of aryl methyl sites for hydroxylation is 1. The summed E-state index contributed by atoms with van der Waals surface area (Å²) in [5, 5.41) is 0.408. The van der Waals surface area contributed by atoms with Crippen molar-refractivity contribution < 1.29 is 4.79 Å². The van der Waals surface area contributed by atoms with Crippen molar-refractivity contribution in [3.63, 3.8) is 0 Å². The van der Waals surface area contributed by atoms with E-state index in [1.54, 1.807) is 30.3 Å². The van der Waals surface area contributed by atoms with Crippen molar-refractivity contribution in [1.82, 2.24) is 4.98 Å². The van der Waals surface area contributed by atoms with Crippen LogP contribution in [-0.4, -0.2) is 10.8 Å². The fourth-order valence-corrected chi connectivity index (χ4v) is 1.88. The standard InChI is InChI=1S/C14H13ClN2O/c1-2-9-7-8-12(16)13(17-9)14(18)10-5-3-4-6-11(10)15/h3-8H,2,16H2,1H3. The van der Waals surface area contributed by atoms with E-state index in [1.807, 2.05) is 13.0 Å². The van der Waals surface area contributed by atoms with Crippen molar-refractivity contribution in [1.29, 1.82) is 0 Å². The van der Waals surface area contributed by atoms with Gasteiger partial charge < -0.3 is 5.73 Å². The second kappa shape index (κ2) is 5.19. The summed E-state index contributed by atoms with van der Waals surface area (Å²) in [6, 6.07) is 10.4. The van der Waals surface area contributed by atoms with Crippen molar-refractivity contribution in [3.05, 3.63) is 58.4 Å². The molecule has 2 rings (SSSR count). The van der Waals surface area contributed by atoms with Crippen LogP contribution in [0.3, 0.4) is 0 Å². The molecule has 1 aromatic heterocycles. The molecule has 4 heteroatoms. The molecule has 18 heavy (non-hydrogen) atoms. The van der Waals surface area contributed by atoms with Gasteiger partial charge >= 0.3 is 0 Å². The molecule has 1 aromatic carbocycles. The highest BCUT2D eigenvalue weighted by atomic mass is 35.5. The second-order valence-corrected chi connectivity index (χ2v) is 4.31. The van der Waals surface area contributed by atoms with Gasteiger partial charge in [-0.15, -0.1) is 0 Å². The summed E-state index contributed by atoms with van der Waals surface area (Å²) < 4.78 is 0. The zero-order valence-corrected chi connectivity index (χ0v) is 10.7. The van der Waals surface area contributed by atoms with E-state index >= 15 is 0 Å². The van der Waals surface area contributed by atoms with Crippen LogP contribution in [0.2, 0.25) is 5.02 Å². The van der Waals surface area contributed by atoms with Crippen LogP contribution >= 0.6 is 11.6 Å². The van der Waals surface area contributed by atoms with Gasteiger partial charge in [0.15, 0.2) is 0 Å². The van der Waals surface area contributed by atoms with Crippen LogP contribution < -0.4 is 5.73 Å². The second-order valence-electron chi connectivity index (χ2n) is 3.90. The summed E-state index contributed by atoms with van der Waals surface area (Å²) in [6.07, 6.45) is 0.753. The van der Waals surface area contributed by atoms with E-state index in [0.717, 1.165) is 12.1 Å². The number of anilines is 1. The topological polar surface area (TPSA) is 56.0 Å². The lowest BCUT2D eigenvalue weighted by atomic mass is 10.1. The Bertz CT molecular complexity index is 596. The molecule has 0 amide bonds. The predicted octanol–water partition coefficient (Wildman–Crippen LogP) is 3.11. The molecule has 1 heterocycles. The number of nitrogens with zero attached hydrogens (tertiary/aromatic N) is 1. The van der Waals surface area contributed by atoms with Crippen molar-refractivity contribution in [2.45, 2.75) is 13.3 Å². The highest BCUT2D eigenvalue weighted by Gasteiger charge is 2.16. The Balaban J connectivity index is 2.49. The Morgan fingerprint density at radius 3 is 2.67 bits per heavy atom. The quantitative estimate of drug-likeness (QED) is 0.863. The van der Waals surface area contributed by atoms with Crippen molar-refractivity contribution >= 4 is 23.1 Å². The van der Waals surface area contributed by atoms with E-state index in [9.17, 15) is 4.79 Å². The van der Waals surface area contributed by atoms with E-state index < -0.39 is 0 Å². The molecule has 2 N–H and O–H groups in total. The summed E-state index contributed by atoms with van der Waals surface area (Å²) in [5.74, 6) is -0.242. The maximum absolute atomic E-state index is 12.3. The molecule has 92 valence electrons. The predicted molar refractivity (Wildman–Crippen MR) is 72.9 cm³/mol. The molecule has 0 atom stereocenters. The van der Waals surface area contributed by atoms with Crippen LogP contribution in [0.25, 0.3) is 0 Å². The number of nitrogen functional groups attached to an aromatic ring is 1. The Hall–Kier alpha value is -1.87. The van der Waals surface area contributed by atoms with Gasteiger partial charge in [0.05, 0.1) is 10.7 Å². The van der Waals surface area contributed by atoms with Gasteiger partial charge in [-0.3, -0.25) is 4.79 Å². The third-order valence-corrected chi connectivity index (χ3v) is 3.01. The van der Waals surface area contributed by atoms with Crippen molar-refractivity contribution in [2.24, 2.45) is 0 Å². The van der Waals surface area contributed by atoms with Crippen LogP contribution in [0.4, 0.5) is 5.69 Å². The number of aromatic nitrogens is 1. The molecule has 3 nitrogen and oxygen atoms in total. The van der Waals surface area contributed by atoms with Crippen molar-refractivity contribution in [2.75, 3.05) is 5.73 Å². The largest absolute Gasteiger partial charge is 0.397 e. The molecular formula is C14H13ClN2O. The van der Waals surface area contributed by atoms with Gasteiger partial charge in [-0.25, -0.2) is 4.98 Å². The maximum Gasteiger partial charge on any atom is 0.214 e. The number of carbonyl (C=O) groups excluding carboxylic acids is 1. The van der Waals surface area contributed by atoms with Crippen LogP contribution in [0.1, 0.15) is 28.7 Å². The molecule has 0 fully saturated rings.